The molecule has 14 heavy (non-hydrogen) atoms. The van der Waals surface area contributed by atoms with Crippen molar-refractivity contribution in [3.8, 4) is 0 Å². The van der Waals surface area contributed by atoms with E-state index in [9.17, 15) is 9.59 Å². The zero-order chi connectivity index (χ0) is 10.1. The van der Waals surface area contributed by atoms with Crippen LogP contribution in [0.3, 0.4) is 0 Å². The predicted octanol–water partition coefficient (Wildman–Crippen LogP) is 0.223. The first-order valence-corrected chi connectivity index (χ1v) is 3.98. The number of hydrogen-bond acceptors (Lipinski definition) is 4. The van der Waals surface area contributed by atoms with Crippen LogP contribution in [-0.2, 0) is 14.3 Å². The smallest absolute Gasteiger partial charge is 0.347 e. The number of fused-ring (bicyclic) bond motifs is 1. The van der Waals surface area contributed by atoms with E-state index in [0.717, 1.165) is 0 Å². The summed E-state index contributed by atoms with van der Waals surface area (Å²) < 4.78 is 4.78. The molecule has 0 amide bonds. The molecule has 1 unspecified atom stereocenters. The van der Waals surface area contributed by atoms with Gasteiger partial charge in [-0.1, -0.05) is 12.2 Å². The molecule has 0 bridgehead atoms. The molecule has 0 aliphatic carbocycles. The SMILES string of the molecule is O=C(O)C1C(=O)OC2=CC=CC=CN21. The second kappa shape index (κ2) is 3.02. The van der Waals surface area contributed by atoms with Gasteiger partial charge in [0.2, 0.25) is 11.9 Å². The number of allylic oxidation sites excluding steroid dienone is 4. The van der Waals surface area contributed by atoms with Crippen LogP contribution >= 0.6 is 0 Å². The topological polar surface area (TPSA) is 66.8 Å². The molecule has 5 nitrogen and oxygen atoms in total. The molecule has 0 aromatic heterocycles. The van der Waals surface area contributed by atoms with Gasteiger partial charge in [0.05, 0.1) is 0 Å². The lowest BCUT2D eigenvalue weighted by molar-refractivity contribution is -0.148. The number of carboxylic acids is 1. The van der Waals surface area contributed by atoms with Gasteiger partial charge in [0.25, 0.3) is 0 Å². The lowest BCUT2D eigenvalue weighted by Crippen LogP contribution is -2.36. The highest BCUT2D eigenvalue weighted by Gasteiger charge is 2.42. The number of aliphatic carboxylic acids is 1. The van der Waals surface area contributed by atoms with Crippen LogP contribution in [0.4, 0.5) is 0 Å². The van der Waals surface area contributed by atoms with Gasteiger partial charge in [-0.15, -0.1) is 0 Å². The van der Waals surface area contributed by atoms with E-state index in [0.29, 0.717) is 0 Å². The van der Waals surface area contributed by atoms with Crippen LogP contribution in [0.1, 0.15) is 0 Å². The van der Waals surface area contributed by atoms with Crippen LogP contribution in [0.5, 0.6) is 0 Å². The lowest BCUT2D eigenvalue weighted by Gasteiger charge is -2.13. The molecular weight excluding hydrogens is 186 g/mol. The van der Waals surface area contributed by atoms with Crippen molar-refractivity contribution in [1.29, 1.82) is 0 Å². The molecule has 0 aromatic carbocycles. The number of rotatable bonds is 1. The fraction of sp³-hybridized carbons (Fsp3) is 0.111. The third kappa shape index (κ3) is 1.19. The third-order valence-corrected chi connectivity index (χ3v) is 1.90. The van der Waals surface area contributed by atoms with E-state index >= 15 is 0 Å². The highest BCUT2D eigenvalue weighted by molar-refractivity contribution is 6.00. The molecule has 1 atom stereocenters. The molecule has 2 aliphatic rings. The summed E-state index contributed by atoms with van der Waals surface area (Å²) in [6.07, 6.45) is 8.07. The minimum atomic E-state index is -1.27. The summed E-state index contributed by atoms with van der Waals surface area (Å²) in [5.41, 5.74) is 0. The average molecular weight is 193 g/mol. The maximum absolute atomic E-state index is 11.2. The maximum atomic E-state index is 11.2. The van der Waals surface area contributed by atoms with Crippen LogP contribution in [0.25, 0.3) is 0 Å². The van der Waals surface area contributed by atoms with Crippen molar-refractivity contribution in [3.05, 3.63) is 36.4 Å². The van der Waals surface area contributed by atoms with E-state index < -0.39 is 18.0 Å². The van der Waals surface area contributed by atoms with Gasteiger partial charge >= 0.3 is 11.9 Å². The van der Waals surface area contributed by atoms with Crippen LogP contribution in [-0.4, -0.2) is 28.0 Å². The van der Waals surface area contributed by atoms with Gasteiger partial charge in [0, 0.05) is 6.20 Å². The summed E-state index contributed by atoms with van der Waals surface area (Å²) in [6.45, 7) is 0. The summed E-state index contributed by atoms with van der Waals surface area (Å²) in [4.78, 5) is 23.2. The van der Waals surface area contributed by atoms with Gasteiger partial charge in [0.15, 0.2) is 0 Å². The Labute approximate surface area is 79.6 Å². The quantitative estimate of drug-likeness (QED) is 0.476. The molecule has 1 saturated heterocycles. The van der Waals surface area contributed by atoms with E-state index in [1.54, 1.807) is 24.3 Å². The summed E-state index contributed by atoms with van der Waals surface area (Å²) in [5, 5.41) is 8.79. The Kier molecular flexibility index (Phi) is 1.85. The fourth-order valence-corrected chi connectivity index (χ4v) is 1.30. The summed E-state index contributed by atoms with van der Waals surface area (Å²) >= 11 is 0. The van der Waals surface area contributed by atoms with Crippen LogP contribution in [0.15, 0.2) is 36.4 Å². The number of ether oxygens (including phenoxy) is 1. The van der Waals surface area contributed by atoms with E-state index in [4.69, 9.17) is 9.84 Å². The van der Waals surface area contributed by atoms with Gasteiger partial charge in [-0.2, -0.15) is 0 Å². The Hall–Kier alpha value is -2.04. The van der Waals surface area contributed by atoms with Gasteiger partial charge in [0.1, 0.15) is 0 Å². The second-order valence-corrected chi connectivity index (χ2v) is 2.80. The monoisotopic (exact) mass is 193 g/mol. The second-order valence-electron chi connectivity index (χ2n) is 2.80. The summed E-state index contributed by atoms with van der Waals surface area (Å²) in [6, 6.07) is -1.27. The molecule has 2 rings (SSSR count). The molecule has 2 heterocycles. The minimum Gasteiger partial charge on any atom is -0.479 e. The number of hydrogen-bond donors (Lipinski definition) is 1. The Morgan fingerprint density at radius 1 is 1.43 bits per heavy atom. The molecule has 1 fully saturated rings. The van der Waals surface area contributed by atoms with Crippen molar-refractivity contribution >= 4 is 11.9 Å². The van der Waals surface area contributed by atoms with Crippen molar-refractivity contribution in [2.45, 2.75) is 6.04 Å². The normalized spacial score (nSPS) is 24.0. The Balaban J connectivity index is 2.39. The summed E-state index contributed by atoms with van der Waals surface area (Å²) in [5.74, 6) is -1.74. The molecule has 0 saturated carbocycles. The molecule has 1 N–H and O–H groups in total. The Morgan fingerprint density at radius 3 is 2.93 bits per heavy atom. The van der Waals surface area contributed by atoms with Crippen molar-refractivity contribution in [2.24, 2.45) is 0 Å². The van der Waals surface area contributed by atoms with Crippen LogP contribution in [0, 0.1) is 0 Å². The number of carboxylic acid groups (broad SMARTS) is 1. The first-order chi connectivity index (χ1) is 6.70. The summed E-state index contributed by atoms with van der Waals surface area (Å²) in [7, 11) is 0. The highest BCUT2D eigenvalue weighted by atomic mass is 16.6. The lowest BCUT2D eigenvalue weighted by atomic mass is 10.3. The van der Waals surface area contributed by atoms with E-state index in [-0.39, 0.29) is 5.88 Å². The molecule has 0 radical (unpaired) electrons. The van der Waals surface area contributed by atoms with E-state index in [2.05, 4.69) is 0 Å². The van der Waals surface area contributed by atoms with Gasteiger partial charge in [-0.25, -0.2) is 9.59 Å². The average Bonchev–Trinajstić information content (AvgIpc) is 2.31. The van der Waals surface area contributed by atoms with Crippen molar-refractivity contribution in [1.82, 2.24) is 4.90 Å². The molecule has 72 valence electrons. The molecule has 5 heteroatoms. The third-order valence-electron chi connectivity index (χ3n) is 1.90. The number of carbonyl (C=O) groups is 2. The fourth-order valence-electron chi connectivity index (χ4n) is 1.30. The molecule has 2 aliphatic heterocycles. The Morgan fingerprint density at radius 2 is 2.21 bits per heavy atom. The largest absolute Gasteiger partial charge is 0.479 e. The van der Waals surface area contributed by atoms with Crippen molar-refractivity contribution in [2.75, 3.05) is 0 Å². The maximum Gasteiger partial charge on any atom is 0.347 e. The standard InChI is InChI=1S/C9H7NO4/c11-8(12)7-9(13)14-6-4-2-1-3-5-10(6)7/h1-5,7H,(H,11,12). The first kappa shape index (κ1) is 8.55. The van der Waals surface area contributed by atoms with Crippen molar-refractivity contribution in [3.63, 3.8) is 0 Å². The predicted molar refractivity (Wildman–Crippen MR) is 45.7 cm³/mol. The number of carbonyl (C=O) groups excluding carboxylic acids is 1. The molecule has 0 spiro atoms. The van der Waals surface area contributed by atoms with Gasteiger partial charge in [-0.05, 0) is 12.2 Å². The molecule has 0 aromatic rings. The zero-order valence-corrected chi connectivity index (χ0v) is 7.08. The number of esters is 1. The van der Waals surface area contributed by atoms with E-state index in [1.807, 2.05) is 0 Å². The number of nitrogens with zero attached hydrogens (tertiary/aromatic N) is 1. The van der Waals surface area contributed by atoms with Crippen LogP contribution in [0.2, 0.25) is 0 Å². The van der Waals surface area contributed by atoms with Crippen LogP contribution < -0.4 is 0 Å². The Bertz CT molecular complexity index is 380. The van der Waals surface area contributed by atoms with Gasteiger partial charge in [-0.3, -0.25) is 4.90 Å². The van der Waals surface area contributed by atoms with Gasteiger partial charge < -0.3 is 9.84 Å². The highest BCUT2D eigenvalue weighted by Crippen LogP contribution is 2.23. The minimum absolute atomic E-state index is 0.243. The molecular formula is C9H7NO4. The van der Waals surface area contributed by atoms with E-state index in [1.165, 1.54) is 11.1 Å². The zero-order valence-electron chi connectivity index (χ0n) is 7.08. The van der Waals surface area contributed by atoms with Crippen molar-refractivity contribution < 1.29 is 19.4 Å². The first-order valence-electron chi connectivity index (χ1n) is 3.98.